The molecule has 0 fully saturated rings. The molecule has 0 atom stereocenters. The average Bonchev–Trinajstić information content (AvgIpc) is 2.83. The molecule has 0 aliphatic carbocycles. The van der Waals surface area contributed by atoms with Crippen LogP contribution in [0.2, 0.25) is 0 Å². The first-order chi connectivity index (χ1) is 8.79. The molecule has 96 valence electrons. The van der Waals surface area contributed by atoms with E-state index in [9.17, 15) is 4.39 Å². The van der Waals surface area contributed by atoms with Crippen LogP contribution < -0.4 is 10.1 Å². The van der Waals surface area contributed by atoms with E-state index in [2.05, 4.69) is 10.4 Å². The van der Waals surface area contributed by atoms with E-state index < -0.39 is 0 Å². The smallest absolute Gasteiger partial charge is 0.157 e. The predicted octanol–water partition coefficient (Wildman–Crippen LogP) is 2.00. The van der Waals surface area contributed by atoms with Gasteiger partial charge in [0, 0.05) is 0 Å². The van der Waals surface area contributed by atoms with Gasteiger partial charge in [-0.1, -0.05) is 6.07 Å². The van der Waals surface area contributed by atoms with Gasteiger partial charge in [0.2, 0.25) is 0 Å². The van der Waals surface area contributed by atoms with Crippen molar-refractivity contribution in [2.75, 3.05) is 20.2 Å². The fourth-order valence-corrected chi connectivity index (χ4v) is 1.58. The Morgan fingerprint density at radius 2 is 2.33 bits per heavy atom. The number of hydrogen-bond acceptors (Lipinski definition) is 3. The van der Waals surface area contributed by atoms with Crippen molar-refractivity contribution in [2.24, 2.45) is 0 Å². The average molecular weight is 249 g/mol. The number of hydrogen-bond donors (Lipinski definition) is 1. The van der Waals surface area contributed by atoms with E-state index in [0.29, 0.717) is 18.0 Å². The van der Waals surface area contributed by atoms with Crippen LogP contribution in [-0.4, -0.2) is 30.0 Å². The third-order valence-electron chi connectivity index (χ3n) is 2.47. The highest BCUT2D eigenvalue weighted by Gasteiger charge is 2.02. The summed E-state index contributed by atoms with van der Waals surface area (Å²) in [7, 11) is 1.90. The monoisotopic (exact) mass is 249 g/mol. The van der Waals surface area contributed by atoms with Crippen LogP contribution in [-0.2, 0) is 0 Å². The minimum Gasteiger partial charge on any atom is -0.490 e. The Labute approximate surface area is 105 Å². The molecular weight excluding hydrogens is 233 g/mol. The van der Waals surface area contributed by atoms with E-state index in [0.717, 1.165) is 13.0 Å². The van der Waals surface area contributed by atoms with Crippen LogP contribution in [0.4, 0.5) is 4.39 Å². The molecule has 0 saturated heterocycles. The SMILES string of the molecule is CNCCCOc1cnn(-c2cccc(F)c2)c1. The number of rotatable bonds is 6. The minimum absolute atomic E-state index is 0.278. The summed E-state index contributed by atoms with van der Waals surface area (Å²) in [6.45, 7) is 1.55. The summed E-state index contributed by atoms with van der Waals surface area (Å²) in [6.07, 6.45) is 4.31. The van der Waals surface area contributed by atoms with Crippen LogP contribution in [0.1, 0.15) is 6.42 Å². The van der Waals surface area contributed by atoms with Gasteiger partial charge in [-0.25, -0.2) is 9.07 Å². The van der Waals surface area contributed by atoms with E-state index in [-0.39, 0.29) is 5.82 Å². The minimum atomic E-state index is -0.278. The second kappa shape index (κ2) is 6.16. The van der Waals surface area contributed by atoms with Gasteiger partial charge < -0.3 is 10.1 Å². The molecule has 5 heteroatoms. The lowest BCUT2D eigenvalue weighted by Gasteiger charge is -2.02. The Bertz CT molecular complexity index is 498. The summed E-state index contributed by atoms with van der Waals surface area (Å²) in [5.74, 6) is 0.412. The number of nitrogens with one attached hydrogen (secondary N) is 1. The molecule has 4 nitrogen and oxygen atoms in total. The number of nitrogens with zero attached hydrogens (tertiary/aromatic N) is 2. The fourth-order valence-electron chi connectivity index (χ4n) is 1.58. The lowest BCUT2D eigenvalue weighted by molar-refractivity contribution is 0.309. The summed E-state index contributed by atoms with van der Waals surface area (Å²) in [6, 6.07) is 6.28. The molecule has 1 aromatic carbocycles. The number of halogens is 1. The summed E-state index contributed by atoms with van der Waals surface area (Å²) in [5, 5.41) is 7.18. The maximum Gasteiger partial charge on any atom is 0.157 e. The number of benzene rings is 1. The highest BCUT2D eigenvalue weighted by molar-refractivity contribution is 5.32. The van der Waals surface area contributed by atoms with Gasteiger partial charge in [0.1, 0.15) is 5.82 Å². The molecule has 0 spiro atoms. The molecule has 0 aliphatic heterocycles. The summed E-state index contributed by atoms with van der Waals surface area (Å²) in [5.41, 5.74) is 0.681. The van der Waals surface area contributed by atoms with Crippen molar-refractivity contribution < 1.29 is 9.13 Å². The van der Waals surface area contributed by atoms with Crippen molar-refractivity contribution in [3.8, 4) is 11.4 Å². The highest BCUT2D eigenvalue weighted by atomic mass is 19.1. The summed E-state index contributed by atoms with van der Waals surface area (Å²) < 4.78 is 20.2. The van der Waals surface area contributed by atoms with Crippen LogP contribution in [0.3, 0.4) is 0 Å². The van der Waals surface area contributed by atoms with Crippen molar-refractivity contribution in [3.63, 3.8) is 0 Å². The Balaban J connectivity index is 1.97. The van der Waals surface area contributed by atoms with Crippen LogP contribution >= 0.6 is 0 Å². The van der Waals surface area contributed by atoms with Crippen LogP contribution in [0.5, 0.6) is 5.75 Å². The lowest BCUT2D eigenvalue weighted by Crippen LogP contribution is -2.11. The predicted molar refractivity (Wildman–Crippen MR) is 67.6 cm³/mol. The van der Waals surface area contributed by atoms with Crippen molar-refractivity contribution in [2.45, 2.75) is 6.42 Å². The van der Waals surface area contributed by atoms with Gasteiger partial charge in [-0.05, 0) is 38.2 Å². The van der Waals surface area contributed by atoms with Crippen molar-refractivity contribution in [3.05, 3.63) is 42.5 Å². The molecule has 0 amide bonds. The first kappa shape index (κ1) is 12.6. The number of aromatic nitrogens is 2. The molecular formula is C13H16FN3O. The molecule has 18 heavy (non-hydrogen) atoms. The van der Waals surface area contributed by atoms with E-state index in [4.69, 9.17) is 4.74 Å². The van der Waals surface area contributed by atoms with Crippen LogP contribution in [0.25, 0.3) is 5.69 Å². The largest absolute Gasteiger partial charge is 0.490 e. The molecule has 0 radical (unpaired) electrons. The van der Waals surface area contributed by atoms with Crippen LogP contribution in [0.15, 0.2) is 36.7 Å². The Morgan fingerprint density at radius 3 is 3.11 bits per heavy atom. The van der Waals surface area contributed by atoms with E-state index >= 15 is 0 Å². The van der Waals surface area contributed by atoms with Gasteiger partial charge in [-0.3, -0.25) is 0 Å². The first-order valence-corrected chi connectivity index (χ1v) is 5.87. The molecule has 1 aromatic heterocycles. The first-order valence-electron chi connectivity index (χ1n) is 5.87. The quantitative estimate of drug-likeness (QED) is 0.796. The Hall–Kier alpha value is -1.88. The number of ether oxygens (including phenoxy) is 1. The fraction of sp³-hybridized carbons (Fsp3) is 0.308. The summed E-state index contributed by atoms with van der Waals surface area (Å²) >= 11 is 0. The zero-order valence-corrected chi connectivity index (χ0v) is 10.3. The van der Waals surface area contributed by atoms with Gasteiger partial charge in [-0.15, -0.1) is 0 Å². The van der Waals surface area contributed by atoms with Crippen molar-refractivity contribution >= 4 is 0 Å². The van der Waals surface area contributed by atoms with Gasteiger partial charge in [0.25, 0.3) is 0 Å². The lowest BCUT2D eigenvalue weighted by atomic mass is 10.3. The third-order valence-corrected chi connectivity index (χ3v) is 2.47. The molecule has 0 aliphatic rings. The molecule has 2 rings (SSSR count). The Kier molecular flexibility index (Phi) is 4.30. The molecule has 0 saturated carbocycles. The normalized spacial score (nSPS) is 10.6. The van der Waals surface area contributed by atoms with E-state index in [1.165, 1.54) is 12.1 Å². The second-order valence-electron chi connectivity index (χ2n) is 3.91. The standard InChI is InChI=1S/C13H16FN3O/c1-15-6-3-7-18-13-9-16-17(10-13)12-5-2-4-11(14)8-12/h2,4-5,8-10,15H,3,6-7H2,1H3. The van der Waals surface area contributed by atoms with Gasteiger partial charge in [0.15, 0.2) is 5.75 Å². The maximum atomic E-state index is 13.1. The molecule has 1 heterocycles. The maximum absolute atomic E-state index is 13.1. The second-order valence-corrected chi connectivity index (χ2v) is 3.91. The molecule has 0 bridgehead atoms. The molecule has 1 N–H and O–H groups in total. The Morgan fingerprint density at radius 1 is 1.44 bits per heavy atom. The van der Waals surface area contributed by atoms with E-state index in [1.807, 2.05) is 7.05 Å². The summed E-state index contributed by atoms with van der Waals surface area (Å²) in [4.78, 5) is 0. The van der Waals surface area contributed by atoms with Gasteiger partial charge in [0.05, 0.1) is 24.7 Å². The molecule has 0 unspecified atom stereocenters. The zero-order valence-electron chi connectivity index (χ0n) is 10.3. The van der Waals surface area contributed by atoms with Gasteiger partial charge >= 0.3 is 0 Å². The van der Waals surface area contributed by atoms with Crippen molar-refractivity contribution in [1.29, 1.82) is 0 Å². The topological polar surface area (TPSA) is 39.1 Å². The van der Waals surface area contributed by atoms with E-state index in [1.54, 1.807) is 29.2 Å². The third kappa shape index (κ3) is 3.30. The zero-order chi connectivity index (χ0) is 12.8. The van der Waals surface area contributed by atoms with Gasteiger partial charge in [-0.2, -0.15) is 5.10 Å². The molecule has 2 aromatic rings. The van der Waals surface area contributed by atoms with Crippen molar-refractivity contribution in [1.82, 2.24) is 15.1 Å². The van der Waals surface area contributed by atoms with Crippen LogP contribution in [0, 0.1) is 5.82 Å². The highest BCUT2D eigenvalue weighted by Crippen LogP contribution is 2.14.